The molecule has 174 valence electrons. The van der Waals surface area contributed by atoms with Crippen molar-refractivity contribution in [3.05, 3.63) is 47.6 Å². The smallest absolute Gasteiger partial charge is 0.102 e. The number of hydrogen-bond acceptors (Lipinski definition) is 3. The quantitative estimate of drug-likeness (QED) is 0.464. The van der Waals surface area contributed by atoms with Crippen molar-refractivity contribution in [1.29, 1.82) is 0 Å². The fourth-order valence-corrected chi connectivity index (χ4v) is 6.71. The molecule has 0 bridgehead atoms. The normalized spacial score (nSPS) is 38.0. The Morgan fingerprint density at radius 3 is 2.58 bits per heavy atom. The fourth-order valence-electron chi connectivity index (χ4n) is 6.71. The summed E-state index contributed by atoms with van der Waals surface area (Å²) in [7, 11) is 0. The van der Waals surface area contributed by atoms with Crippen LogP contribution in [0.2, 0.25) is 0 Å². The van der Waals surface area contributed by atoms with Crippen LogP contribution in [-0.4, -0.2) is 33.1 Å². The lowest BCUT2D eigenvalue weighted by Crippen LogP contribution is -2.36. The molecular weight excluding hydrogens is 384 g/mol. The Kier molecular flexibility index (Phi) is 7.40. The van der Waals surface area contributed by atoms with Crippen molar-refractivity contribution >= 4 is 0 Å². The van der Waals surface area contributed by atoms with Gasteiger partial charge in [0.25, 0.3) is 0 Å². The lowest BCUT2D eigenvalue weighted by Gasteiger charge is -2.44. The number of aliphatic hydroxyl groups is 3. The van der Waals surface area contributed by atoms with Crippen LogP contribution in [0.1, 0.15) is 85.5 Å². The van der Waals surface area contributed by atoms with Gasteiger partial charge in [-0.3, -0.25) is 0 Å². The molecule has 0 aromatic rings. The summed E-state index contributed by atoms with van der Waals surface area (Å²) in [5.41, 5.74) is 3.41. The van der Waals surface area contributed by atoms with E-state index >= 15 is 0 Å². The van der Waals surface area contributed by atoms with Crippen molar-refractivity contribution in [1.82, 2.24) is 0 Å². The molecule has 6 atom stereocenters. The summed E-state index contributed by atoms with van der Waals surface area (Å²) < 4.78 is 0. The Morgan fingerprint density at radius 1 is 1.19 bits per heavy atom. The average Bonchev–Trinajstić information content (AvgIpc) is 3.04. The minimum absolute atomic E-state index is 0.355. The maximum Gasteiger partial charge on any atom is 0.102 e. The zero-order valence-electron chi connectivity index (χ0n) is 20.2. The maximum absolute atomic E-state index is 10.3. The van der Waals surface area contributed by atoms with E-state index in [-0.39, 0.29) is 0 Å². The highest BCUT2D eigenvalue weighted by Gasteiger charge is 2.50. The zero-order chi connectivity index (χ0) is 23.0. The van der Waals surface area contributed by atoms with Gasteiger partial charge in [-0.2, -0.15) is 0 Å². The van der Waals surface area contributed by atoms with Crippen molar-refractivity contribution < 1.29 is 15.3 Å². The number of hydrogen-bond donors (Lipinski definition) is 3. The lowest BCUT2D eigenvalue weighted by atomic mass is 9.60. The molecule has 3 N–H and O–H groups in total. The number of rotatable bonds is 6. The highest BCUT2D eigenvalue weighted by molar-refractivity contribution is 5.45. The standard InChI is InChI=1S/C28H44O3/c1-18(9-7-15-27(4,5)31)23-13-14-24-21(10-8-16-28(23,24)6)11-12-22-17-25(29)20(3)26(30)19(22)2/h11-12,18,23-26,29-31H,2-3,7-10,13-17H2,1,4-6H3/t18-,23+,24-,25+,26+,28+/m0/s1. The highest BCUT2D eigenvalue weighted by atomic mass is 16.3. The summed E-state index contributed by atoms with van der Waals surface area (Å²) in [5, 5.41) is 30.5. The van der Waals surface area contributed by atoms with Crippen LogP contribution in [0, 0.1) is 23.2 Å². The van der Waals surface area contributed by atoms with Gasteiger partial charge in [0.1, 0.15) is 6.10 Å². The molecule has 0 aliphatic heterocycles. The van der Waals surface area contributed by atoms with E-state index in [1.54, 1.807) is 0 Å². The third-order valence-electron chi connectivity index (χ3n) is 8.61. The number of aliphatic hydroxyl groups excluding tert-OH is 2. The topological polar surface area (TPSA) is 60.7 Å². The Bertz CT molecular complexity index is 753. The molecular formula is C28H44O3. The third-order valence-corrected chi connectivity index (χ3v) is 8.61. The molecule has 0 heterocycles. The molecule has 0 unspecified atom stereocenters. The summed E-state index contributed by atoms with van der Waals surface area (Å²) in [6.45, 7) is 16.6. The highest BCUT2D eigenvalue weighted by Crippen LogP contribution is 2.60. The van der Waals surface area contributed by atoms with Crippen LogP contribution in [0.5, 0.6) is 0 Å². The molecule has 0 amide bonds. The summed E-state index contributed by atoms with van der Waals surface area (Å²) in [4.78, 5) is 0. The second kappa shape index (κ2) is 9.37. The van der Waals surface area contributed by atoms with E-state index in [0.717, 1.165) is 30.8 Å². The van der Waals surface area contributed by atoms with Crippen LogP contribution in [-0.2, 0) is 0 Å². The van der Waals surface area contributed by atoms with Gasteiger partial charge in [-0.1, -0.05) is 57.6 Å². The van der Waals surface area contributed by atoms with E-state index in [2.05, 4.69) is 39.2 Å². The Hall–Kier alpha value is -1.16. The van der Waals surface area contributed by atoms with Crippen LogP contribution in [0.3, 0.4) is 0 Å². The summed E-state index contributed by atoms with van der Waals surface area (Å²) in [6.07, 6.45) is 12.7. The molecule has 0 spiro atoms. The summed E-state index contributed by atoms with van der Waals surface area (Å²) in [6, 6.07) is 0. The third kappa shape index (κ3) is 5.26. The predicted molar refractivity (Wildman–Crippen MR) is 129 cm³/mol. The second-order valence-corrected chi connectivity index (χ2v) is 11.4. The van der Waals surface area contributed by atoms with Crippen LogP contribution < -0.4 is 0 Å². The zero-order valence-corrected chi connectivity index (χ0v) is 20.2. The first-order valence-corrected chi connectivity index (χ1v) is 12.3. The molecule has 0 saturated heterocycles. The van der Waals surface area contributed by atoms with Crippen LogP contribution in [0.4, 0.5) is 0 Å². The first-order chi connectivity index (χ1) is 14.4. The van der Waals surface area contributed by atoms with E-state index in [1.165, 1.54) is 37.7 Å². The van der Waals surface area contributed by atoms with E-state index < -0.39 is 17.8 Å². The number of fused-ring (bicyclic) bond motifs is 1. The average molecular weight is 429 g/mol. The van der Waals surface area contributed by atoms with Crippen molar-refractivity contribution in [3.63, 3.8) is 0 Å². The lowest BCUT2D eigenvalue weighted by molar-refractivity contribution is 0.0596. The molecule has 3 nitrogen and oxygen atoms in total. The fraction of sp³-hybridized carbons (Fsp3) is 0.714. The van der Waals surface area contributed by atoms with Gasteiger partial charge in [-0.25, -0.2) is 0 Å². The molecule has 0 aromatic heterocycles. The Balaban J connectivity index is 1.72. The van der Waals surface area contributed by atoms with Crippen molar-refractivity contribution in [2.45, 2.75) is 103 Å². The van der Waals surface area contributed by atoms with Crippen molar-refractivity contribution in [3.8, 4) is 0 Å². The van der Waals surface area contributed by atoms with Gasteiger partial charge in [0, 0.05) is 6.42 Å². The largest absolute Gasteiger partial charge is 0.390 e. The minimum atomic E-state index is -0.842. The maximum atomic E-state index is 10.3. The molecule has 3 fully saturated rings. The predicted octanol–water partition coefficient (Wildman–Crippen LogP) is 5.87. The molecule has 3 aliphatic rings. The van der Waals surface area contributed by atoms with Crippen molar-refractivity contribution in [2.24, 2.45) is 23.2 Å². The first-order valence-electron chi connectivity index (χ1n) is 12.3. The Labute approximate surface area is 189 Å². The molecule has 3 saturated carbocycles. The van der Waals surface area contributed by atoms with Crippen LogP contribution in [0.15, 0.2) is 47.6 Å². The number of allylic oxidation sites excluding steroid dienone is 3. The van der Waals surface area contributed by atoms with Gasteiger partial charge in [-0.15, -0.1) is 0 Å². The summed E-state index contributed by atoms with van der Waals surface area (Å²) in [5.74, 6) is 2.05. The van der Waals surface area contributed by atoms with Gasteiger partial charge in [0.15, 0.2) is 0 Å². The second-order valence-electron chi connectivity index (χ2n) is 11.4. The van der Waals surface area contributed by atoms with E-state index in [9.17, 15) is 15.3 Å². The van der Waals surface area contributed by atoms with Crippen LogP contribution >= 0.6 is 0 Å². The minimum Gasteiger partial charge on any atom is -0.390 e. The van der Waals surface area contributed by atoms with Gasteiger partial charge in [0.2, 0.25) is 0 Å². The van der Waals surface area contributed by atoms with Gasteiger partial charge in [0.05, 0.1) is 11.7 Å². The van der Waals surface area contributed by atoms with Gasteiger partial charge < -0.3 is 15.3 Å². The Morgan fingerprint density at radius 2 is 1.90 bits per heavy atom. The molecule has 3 heteroatoms. The summed E-state index contributed by atoms with van der Waals surface area (Å²) >= 11 is 0. The van der Waals surface area contributed by atoms with Gasteiger partial charge in [-0.05, 0) is 92.3 Å². The molecule has 0 radical (unpaired) electrons. The first kappa shape index (κ1) is 24.5. The molecule has 3 aliphatic carbocycles. The van der Waals surface area contributed by atoms with Crippen LogP contribution in [0.25, 0.3) is 0 Å². The SMILES string of the molecule is C=C1C(=CC=C2CCC[C@]3(C)[C@@H]([C@@H](C)CCCC(C)(C)O)CC[C@@H]23)C[C@@H](O)C(=C)[C@@H]1O. The van der Waals surface area contributed by atoms with E-state index in [0.29, 0.717) is 34.8 Å². The molecule has 0 aromatic carbocycles. The molecule has 3 rings (SSSR count). The van der Waals surface area contributed by atoms with E-state index in [4.69, 9.17) is 0 Å². The van der Waals surface area contributed by atoms with Crippen molar-refractivity contribution in [2.75, 3.05) is 0 Å². The monoisotopic (exact) mass is 428 g/mol. The van der Waals surface area contributed by atoms with Gasteiger partial charge >= 0.3 is 0 Å². The molecule has 31 heavy (non-hydrogen) atoms. The van der Waals surface area contributed by atoms with E-state index in [1.807, 2.05) is 13.8 Å².